The second kappa shape index (κ2) is 5.35. The summed E-state index contributed by atoms with van der Waals surface area (Å²) in [6.07, 6.45) is 1.13. The van der Waals surface area contributed by atoms with Gasteiger partial charge in [-0.05, 0) is 41.8 Å². The molecule has 20 heavy (non-hydrogen) atoms. The van der Waals surface area contributed by atoms with Crippen molar-refractivity contribution in [2.75, 3.05) is 0 Å². The van der Waals surface area contributed by atoms with Crippen molar-refractivity contribution in [3.63, 3.8) is 0 Å². The summed E-state index contributed by atoms with van der Waals surface area (Å²) in [5.74, 6) is 0. The highest BCUT2D eigenvalue weighted by molar-refractivity contribution is 9.10. The summed E-state index contributed by atoms with van der Waals surface area (Å²) in [4.78, 5) is 4.33. The van der Waals surface area contributed by atoms with Gasteiger partial charge in [-0.15, -0.1) is 0 Å². The van der Waals surface area contributed by atoms with Crippen molar-refractivity contribution in [1.82, 2.24) is 4.98 Å². The standard InChI is InChI=1S/C17H14BrNO/c1-11-9-13(6-7-15(11)18)17(20)14-5-4-12-3-2-8-19-16(12)10-14/h2-10,17,20H,1H3. The van der Waals surface area contributed by atoms with Crippen LogP contribution in [-0.4, -0.2) is 10.1 Å². The van der Waals surface area contributed by atoms with Crippen molar-refractivity contribution in [1.29, 1.82) is 0 Å². The molecule has 1 atom stereocenters. The van der Waals surface area contributed by atoms with E-state index < -0.39 is 6.10 Å². The van der Waals surface area contributed by atoms with E-state index in [4.69, 9.17) is 0 Å². The predicted octanol–water partition coefficient (Wildman–Crippen LogP) is 4.39. The fourth-order valence-electron chi connectivity index (χ4n) is 2.28. The molecule has 0 amide bonds. The lowest BCUT2D eigenvalue weighted by molar-refractivity contribution is 0.220. The number of aromatic nitrogens is 1. The molecule has 0 aliphatic carbocycles. The maximum Gasteiger partial charge on any atom is 0.104 e. The van der Waals surface area contributed by atoms with Crippen LogP contribution >= 0.6 is 15.9 Å². The quantitative estimate of drug-likeness (QED) is 0.757. The molecule has 1 aromatic heterocycles. The molecule has 0 bridgehead atoms. The van der Waals surface area contributed by atoms with Crippen LogP contribution in [0.15, 0.2) is 59.2 Å². The minimum Gasteiger partial charge on any atom is -0.384 e. The number of rotatable bonds is 2. The van der Waals surface area contributed by atoms with Crippen molar-refractivity contribution in [2.24, 2.45) is 0 Å². The molecule has 1 heterocycles. The first-order valence-electron chi connectivity index (χ1n) is 6.44. The number of fused-ring (bicyclic) bond motifs is 1. The topological polar surface area (TPSA) is 33.1 Å². The number of aryl methyl sites for hydroxylation is 1. The van der Waals surface area contributed by atoms with Crippen molar-refractivity contribution in [3.05, 3.63) is 75.9 Å². The molecule has 0 aliphatic rings. The molecule has 0 saturated carbocycles. The van der Waals surface area contributed by atoms with Crippen LogP contribution in [0, 0.1) is 6.92 Å². The van der Waals surface area contributed by atoms with Crippen molar-refractivity contribution in [3.8, 4) is 0 Å². The maximum absolute atomic E-state index is 10.5. The van der Waals surface area contributed by atoms with Gasteiger partial charge in [-0.2, -0.15) is 0 Å². The van der Waals surface area contributed by atoms with Gasteiger partial charge in [0.15, 0.2) is 0 Å². The molecule has 3 aromatic rings. The van der Waals surface area contributed by atoms with Gasteiger partial charge in [0, 0.05) is 16.1 Å². The van der Waals surface area contributed by atoms with E-state index in [1.807, 2.05) is 55.5 Å². The molecule has 0 fully saturated rings. The molecule has 3 rings (SSSR count). The molecule has 0 aliphatic heterocycles. The highest BCUT2D eigenvalue weighted by Crippen LogP contribution is 2.27. The summed E-state index contributed by atoms with van der Waals surface area (Å²) >= 11 is 3.48. The van der Waals surface area contributed by atoms with Gasteiger partial charge in [0.1, 0.15) is 6.10 Å². The zero-order chi connectivity index (χ0) is 14.1. The molecule has 0 radical (unpaired) electrons. The fraction of sp³-hybridized carbons (Fsp3) is 0.118. The van der Waals surface area contributed by atoms with Gasteiger partial charge < -0.3 is 5.11 Å². The first kappa shape index (κ1) is 13.3. The number of benzene rings is 2. The smallest absolute Gasteiger partial charge is 0.104 e. The van der Waals surface area contributed by atoms with E-state index in [0.29, 0.717) is 0 Å². The predicted molar refractivity (Wildman–Crippen MR) is 84.7 cm³/mol. The van der Waals surface area contributed by atoms with E-state index in [2.05, 4.69) is 20.9 Å². The van der Waals surface area contributed by atoms with Crippen LogP contribution in [0.5, 0.6) is 0 Å². The Morgan fingerprint density at radius 1 is 1.05 bits per heavy atom. The second-order valence-electron chi connectivity index (χ2n) is 4.87. The van der Waals surface area contributed by atoms with Crippen LogP contribution in [0.3, 0.4) is 0 Å². The summed E-state index contributed by atoms with van der Waals surface area (Å²) < 4.78 is 1.05. The van der Waals surface area contributed by atoms with E-state index in [1.165, 1.54) is 0 Å². The highest BCUT2D eigenvalue weighted by Gasteiger charge is 2.12. The van der Waals surface area contributed by atoms with Gasteiger partial charge in [-0.3, -0.25) is 4.98 Å². The molecule has 2 aromatic carbocycles. The van der Waals surface area contributed by atoms with Gasteiger partial charge in [-0.25, -0.2) is 0 Å². The number of halogens is 1. The molecular formula is C17H14BrNO. The van der Waals surface area contributed by atoms with Gasteiger partial charge in [0.25, 0.3) is 0 Å². The Kier molecular flexibility index (Phi) is 3.55. The van der Waals surface area contributed by atoms with Crippen LogP contribution in [0.25, 0.3) is 10.9 Å². The Morgan fingerprint density at radius 3 is 2.60 bits per heavy atom. The van der Waals surface area contributed by atoms with Crippen LogP contribution in [0.2, 0.25) is 0 Å². The number of hydrogen-bond donors (Lipinski definition) is 1. The lowest BCUT2D eigenvalue weighted by atomic mass is 9.99. The summed E-state index contributed by atoms with van der Waals surface area (Å²) in [6, 6.07) is 15.7. The first-order chi connectivity index (χ1) is 9.65. The Balaban J connectivity index is 2.02. The van der Waals surface area contributed by atoms with Crippen LogP contribution in [-0.2, 0) is 0 Å². The monoisotopic (exact) mass is 327 g/mol. The molecule has 3 heteroatoms. The Bertz CT molecular complexity index is 770. The minimum absolute atomic E-state index is 0.631. The second-order valence-corrected chi connectivity index (χ2v) is 5.72. The van der Waals surface area contributed by atoms with Crippen molar-refractivity contribution < 1.29 is 5.11 Å². The average molecular weight is 328 g/mol. The molecular weight excluding hydrogens is 314 g/mol. The number of aliphatic hydroxyl groups is 1. The van der Waals surface area contributed by atoms with E-state index >= 15 is 0 Å². The summed E-state index contributed by atoms with van der Waals surface area (Å²) in [5.41, 5.74) is 3.76. The fourth-order valence-corrected chi connectivity index (χ4v) is 2.53. The summed E-state index contributed by atoms with van der Waals surface area (Å²) in [5, 5.41) is 11.6. The Hall–Kier alpha value is -1.71. The molecule has 100 valence electrons. The van der Waals surface area contributed by atoms with E-state index in [-0.39, 0.29) is 0 Å². The average Bonchev–Trinajstić information content (AvgIpc) is 2.49. The van der Waals surface area contributed by atoms with Crippen LogP contribution in [0.4, 0.5) is 0 Å². The Morgan fingerprint density at radius 2 is 1.80 bits per heavy atom. The van der Waals surface area contributed by atoms with Crippen molar-refractivity contribution >= 4 is 26.8 Å². The van der Waals surface area contributed by atoms with Crippen LogP contribution < -0.4 is 0 Å². The zero-order valence-corrected chi connectivity index (χ0v) is 12.6. The highest BCUT2D eigenvalue weighted by atomic mass is 79.9. The maximum atomic E-state index is 10.5. The van der Waals surface area contributed by atoms with E-state index in [1.54, 1.807) is 6.20 Å². The molecule has 0 spiro atoms. The zero-order valence-electron chi connectivity index (χ0n) is 11.0. The third-order valence-electron chi connectivity index (χ3n) is 3.44. The minimum atomic E-state index is -0.631. The number of pyridine rings is 1. The largest absolute Gasteiger partial charge is 0.384 e. The lowest BCUT2D eigenvalue weighted by Gasteiger charge is -2.13. The molecule has 1 N–H and O–H groups in total. The SMILES string of the molecule is Cc1cc(C(O)c2ccc3cccnc3c2)ccc1Br. The van der Waals surface area contributed by atoms with Gasteiger partial charge in [0.2, 0.25) is 0 Å². The summed E-state index contributed by atoms with van der Waals surface area (Å²) in [7, 11) is 0. The van der Waals surface area contributed by atoms with Gasteiger partial charge in [-0.1, -0.05) is 46.3 Å². The third-order valence-corrected chi connectivity index (χ3v) is 4.33. The van der Waals surface area contributed by atoms with Crippen molar-refractivity contribution in [2.45, 2.75) is 13.0 Å². The number of nitrogens with zero attached hydrogens (tertiary/aromatic N) is 1. The summed E-state index contributed by atoms with van der Waals surface area (Å²) in [6.45, 7) is 2.02. The van der Waals surface area contributed by atoms with Crippen LogP contribution in [0.1, 0.15) is 22.8 Å². The normalized spacial score (nSPS) is 12.6. The number of aliphatic hydroxyl groups excluding tert-OH is 1. The van der Waals surface area contributed by atoms with E-state index in [9.17, 15) is 5.11 Å². The molecule has 2 nitrogen and oxygen atoms in total. The molecule has 0 saturated heterocycles. The third kappa shape index (κ3) is 2.47. The lowest BCUT2D eigenvalue weighted by Crippen LogP contribution is -2.00. The molecule has 1 unspecified atom stereocenters. The van der Waals surface area contributed by atoms with Gasteiger partial charge >= 0.3 is 0 Å². The van der Waals surface area contributed by atoms with Gasteiger partial charge in [0.05, 0.1) is 5.52 Å². The van der Waals surface area contributed by atoms with E-state index in [0.717, 1.165) is 32.1 Å². The first-order valence-corrected chi connectivity index (χ1v) is 7.23. The number of hydrogen-bond acceptors (Lipinski definition) is 2. The Labute approximate surface area is 126 Å².